The first kappa shape index (κ1) is 24.8. The van der Waals surface area contributed by atoms with Crippen molar-refractivity contribution in [3.05, 3.63) is 51.6 Å². The van der Waals surface area contributed by atoms with Gasteiger partial charge in [0.25, 0.3) is 5.91 Å². The molecule has 178 valence electrons. The molecule has 13 heteroatoms. The van der Waals surface area contributed by atoms with Gasteiger partial charge in [0.2, 0.25) is 10.0 Å². The lowest BCUT2D eigenvalue weighted by atomic mass is 10.2. The topological polar surface area (TPSA) is 145 Å². The third kappa shape index (κ3) is 5.55. The van der Waals surface area contributed by atoms with Gasteiger partial charge in [-0.3, -0.25) is 14.9 Å². The van der Waals surface area contributed by atoms with Gasteiger partial charge >= 0.3 is 11.0 Å². The molecule has 2 heterocycles. The van der Waals surface area contributed by atoms with Crippen LogP contribution in [0, 0.1) is 10.1 Å². The lowest BCUT2D eigenvalue weighted by Crippen LogP contribution is -2.48. The third-order valence-corrected chi connectivity index (χ3v) is 7.61. The van der Waals surface area contributed by atoms with Crippen LogP contribution in [0.3, 0.4) is 0 Å². The first-order valence-corrected chi connectivity index (χ1v) is 12.3. The average Bonchev–Trinajstić information content (AvgIpc) is 3.17. The number of carbonyl (C=O) groups is 2. The van der Waals surface area contributed by atoms with E-state index in [0.717, 1.165) is 6.07 Å². The van der Waals surface area contributed by atoms with E-state index in [2.05, 4.69) is 5.32 Å². The summed E-state index contributed by atoms with van der Waals surface area (Å²) in [6, 6.07) is 6.35. The highest BCUT2D eigenvalue weighted by molar-refractivity contribution is 7.89. The van der Waals surface area contributed by atoms with Gasteiger partial charge in [0.1, 0.15) is 10.6 Å². The van der Waals surface area contributed by atoms with Gasteiger partial charge in [-0.05, 0) is 56.4 Å². The van der Waals surface area contributed by atoms with Crippen LogP contribution in [0.15, 0.2) is 35.2 Å². The van der Waals surface area contributed by atoms with Gasteiger partial charge in [-0.25, -0.2) is 13.2 Å². The van der Waals surface area contributed by atoms with E-state index in [0.29, 0.717) is 11.3 Å². The van der Waals surface area contributed by atoms with E-state index in [4.69, 9.17) is 9.47 Å². The molecule has 1 saturated heterocycles. The van der Waals surface area contributed by atoms with Crippen molar-refractivity contribution in [2.24, 2.45) is 0 Å². The number of nitrogens with one attached hydrogen (secondary N) is 1. The van der Waals surface area contributed by atoms with Crippen LogP contribution in [-0.2, 0) is 19.5 Å². The fourth-order valence-corrected chi connectivity index (χ4v) is 5.80. The smallest absolute Gasteiger partial charge is 0.341 e. The van der Waals surface area contributed by atoms with Crippen molar-refractivity contribution >= 4 is 43.2 Å². The number of carbonyl (C=O) groups excluding carboxylic acids is 2. The monoisotopic (exact) mass is 497 g/mol. The largest absolute Gasteiger partial charge is 0.462 e. The maximum Gasteiger partial charge on any atom is 0.341 e. The summed E-state index contributed by atoms with van der Waals surface area (Å²) in [5.74, 6) is -1.46. The van der Waals surface area contributed by atoms with E-state index >= 15 is 0 Å². The van der Waals surface area contributed by atoms with E-state index in [1.807, 2.05) is 0 Å². The molecular formula is C20H23N3O8S2. The Morgan fingerprint density at radius 3 is 2.39 bits per heavy atom. The zero-order valence-electron chi connectivity index (χ0n) is 18.1. The summed E-state index contributed by atoms with van der Waals surface area (Å²) >= 11 is 0.625. The summed E-state index contributed by atoms with van der Waals surface area (Å²) in [5, 5.41) is 13.2. The fraction of sp³-hybridized carbons (Fsp3) is 0.400. The molecule has 0 bridgehead atoms. The quantitative estimate of drug-likeness (QED) is 0.349. The van der Waals surface area contributed by atoms with Crippen LogP contribution in [0.1, 0.15) is 41.5 Å². The Labute approximate surface area is 194 Å². The molecule has 11 nitrogen and oxygen atoms in total. The van der Waals surface area contributed by atoms with Gasteiger partial charge < -0.3 is 14.8 Å². The van der Waals surface area contributed by atoms with Gasteiger partial charge in [0.15, 0.2) is 0 Å². The summed E-state index contributed by atoms with van der Waals surface area (Å²) in [4.78, 5) is 35.2. The molecule has 1 N–H and O–H groups in total. The Morgan fingerprint density at radius 1 is 1.24 bits per heavy atom. The number of nitrogens with zero attached hydrogens (tertiary/aromatic N) is 2. The van der Waals surface area contributed by atoms with Crippen LogP contribution < -0.4 is 5.32 Å². The first-order valence-electron chi connectivity index (χ1n) is 10.0. The summed E-state index contributed by atoms with van der Waals surface area (Å²) in [7, 11) is -3.77. The second-order valence-corrected chi connectivity index (χ2v) is 10.3. The van der Waals surface area contributed by atoms with E-state index < -0.39 is 26.8 Å². The molecule has 0 radical (unpaired) electrons. The Hall–Kier alpha value is -2.87. The van der Waals surface area contributed by atoms with Crippen molar-refractivity contribution in [2.45, 2.75) is 37.9 Å². The number of hydrogen-bond acceptors (Lipinski definition) is 9. The van der Waals surface area contributed by atoms with Crippen LogP contribution in [0.25, 0.3) is 0 Å². The van der Waals surface area contributed by atoms with E-state index in [1.54, 1.807) is 20.8 Å². The molecule has 0 saturated carbocycles. The number of ether oxygens (including phenoxy) is 2. The van der Waals surface area contributed by atoms with Crippen molar-refractivity contribution in [3.63, 3.8) is 0 Å². The minimum atomic E-state index is -3.77. The van der Waals surface area contributed by atoms with E-state index in [-0.39, 0.29) is 57.9 Å². The standard InChI is InChI=1S/C20H23N3O8S2/c1-4-30-20(25)16-9-17(23(26)27)32-19(16)21-18(24)14-5-7-15(8-6-14)33(28,29)22-10-12(2)31-13(3)11-22/h5-9,12-13H,4,10-11H2,1-3H3,(H,21,24). The Balaban J connectivity index is 1.80. The molecule has 2 unspecified atom stereocenters. The van der Waals surface area contributed by atoms with Crippen molar-refractivity contribution in [2.75, 3.05) is 25.0 Å². The Kier molecular flexibility index (Phi) is 7.47. The molecule has 1 aliphatic heterocycles. The number of benzene rings is 1. The normalized spacial score (nSPS) is 19.1. The summed E-state index contributed by atoms with van der Waals surface area (Å²) in [5.41, 5.74) is -0.0137. The van der Waals surface area contributed by atoms with Gasteiger partial charge in [0, 0.05) is 24.7 Å². The second kappa shape index (κ2) is 9.95. The number of esters is 1. The first-order chi connectivity index (χ1) is 15.5. The number of amides is 1. The minimum Gasteiger partial charge on any atom is -0.462 e. The van der Waals surface area contributed by atoms with Crippen molar-refractivity contribution in [1.82, 2.24) is 4.31 Å². The zero-order valence-corrected chi connectivity index (χ0v) is 19.8. The van der Waals surface area contributed by atoms with E-state index in [9.17, 15) is 28.1 Å². The van der Waals surface area contributed by atoms with Crippen molar-refractivity contribution < 1.29 is 32.4 Å². The van der Waals surface area contributed by atoms with Crippen molar-refractivity contribution in [1.29, 1.82) is 0 Å². The van der Waals surface area contributed by atoms with Gasteiger partial charge in [-0.1, -0.05) is 0 Å². The molecule has 1 aliphatic rings. The number of rotatable bonds is 7. The predicted molar refractivity (Wildman–Crippen MR) is 120 cm³/mol. The van der Waals surface area contributed by atoms with Crippen LogP contribution in [0.5, 0.6) is 0 Å². The second-order valence-electron chi connectivity index (χ2n) is 7.36. The maximum absolute atomic E-state index is 13.0. The average molecular weight is 498 g/mol. The number of sulfonamides is 1. The highest BCUT2D eigenvalue weighted by Crippen LogP contribution is 2.34. The molecule has 0 spiro atoms. The lowest BCUT2D eigenvalue weighted by molar-refractivity contribution is -0.380. The number of morpholine rings is 1. The molecule has 33 heavy (non-hydrogen) atoms. The van der Waals surface area contributed by atoms with Gasteiger partial charge in [-0.15, -0.1) is 0 Å². The van der Waals surface area contributed by atoms with Crippen molar-refractivity contribution in [3.8, 4) is 0 Å². The Morgan fingerprint density at radius 2 is 1.85 bits per heavy atom. The van der Waals surface area contributed by atoms with Crippen LogP contribution >= 0.6 is 11.3 Å². The highest BCUT2D eigenvalue weighted by atomic mass is 32.2. The zero-order chi connectivity index (χ0) is 24.3. The fourth-order valence-electron chi connectivity index (χ4n) is 3.35. The van der Waals surface area contributed by atoms with E-state index in [1.165, 1.54) is 28.6 Å². The number of nitro groups is 1. The molecule has 1 amide bonds. The maximum atomic E-state index is 13.0. The summed E-state index contributed by atoms with van der Waals surface area (Å²) in [6.07, 6.45) is -0.478. The molecule has 1 fully saturated rings. The predicted octanol–water partition coefficient (Wildman–Crippen LogP) is 2.88. The minimum absolute atomic E-state index is 0.0272. The number of hydrogen-bond donors (Lipinski definition) is 1. The molecule has 2 aromatic rings. The van der Waals surface area contributed by atoms with Crippen LogP contribution in [-0.4, -0.2) is 61.4 Å². The third-order valence-electron chi connectivity index (χ3n) is 4.76. The molecule has 0 aliphatic carbocycles. The molecule has 3 rings (SSSR count). The number of thiophene rings is 1. The summed E-state index contributed by atoms with van der Waals surface area (Å²) in [6.45, 7) is 5.69. The van der Waals surface area contributed by atoms with Crippen LogP contribution in [0.2, 0.25) is 0 Å². The molecule has 1 aromatic carbocycles. The highest BCUT2D eigenvalue weighted by Gasteiger charge is 2.32. The SMILES string of the molecule is CCOC(=O)c1cc([N+](=O)[O-])sc1NC(=O)c1ccc(S(=O)(=O)N2CC(C)OC(C)C2)cc1. The Bertz CT molecular complexity index is 1150. The van der Waals surface area contributed by atoms with Gasteiger partial charge in [0.05, 0.1) is 28.6 Å². The van der Waals surface area contributed by atoms with Gasteiger partial charge in [-0.2, -0.15) is 4.31 Å². The lowest BCUT2D eigenvalue weighted by Gasteiger charge is -2.34. The van der Waals surface area contributed by atoms with Crippen LogP contribution in [0.4, 0.5) is 10.0 Å². The number of anilines is 1. The molecular weight excluding hydrogens is 474 g/mol. The molecule has 2 atom stereocenters. The molecule has 1 aromatic heterocycles. The summed E-state index contributed by atoms with van der Waals surface area (Å²) < 4.78 is 37.7.